The van der Waals surface area contributed by atoms with Gasteiger partial charge in [0.2, 0.25) is 0 Å². The maximum Gasteiger partial charge on any atom is 0.0279 e. The first-order valence-corrected chi connectivity index (χ1v) is 14.0. The summed E-state index contributed by atoms with van der Waals surface area (Å²) in [5, 5.41) is 3.62. The predicted molar refractivity (Wildman–Crippen MR) is 160 cm³/mol. The van der Waals surface area contributed by atoms with E-state index in [0.29, 0.717) is 6.04 Å². The highest BCUT2D eigenvalue weighted by Gasteiger charge is 2.12. The lowest BCUT2D eigenvalue weighted by atomic mass is 9.98. The molecule has 0 bridgehead atoms. The quantitative estimate of drug-likeness (QED) is 0.158. The second-order valence-corrected chi connectivity index (χ2v) is 10.1. The van der Waals surface area contributed by atoms with E-state index in [4.69, 9.17) is 0 Å². The summed E-state index contributed by atoms with van der Waals surface area (Å²) in [7, 11) is 2.19. The normalized spacial score (nSPS) is 12.0. The number of allylic oxidation sites excluding steroid dienone is 1. The van der Waals surface area contributed by atoms with E-state index in [1.165, 1.54) is 65.5 Å². The van der Waals surface area contributed by atoms with E-state index in [1.54, 1.807) is 0 Å². The maximum absolute atomic E-state index is 4.04. The molecule has 0 aliphatic carbocycles. The van der Waals surface area contributed by atoms with Crippen LogP contribution in [0.3, 0.4) is 0 Å². The Labute approximate surface area is 222 Å². The SMILES string of the molecule is C=CCCC(C=C)N(C)Cc1cc(CCCCCCCNCc2ccc(C)c(CC)c2)ccc1C=C. The summed E-state index contributed by atoms with van der Waals surface area (Å²) in [6.45, 7) is 19.4. The van der Waals surface area contributed by atoms with Crippen LogP contribution in [0.5, 0.6) is 0 Å². The zero-order valence-corrected chi connectivity index (χ0v) is 23.3. The summed E-state index contributed by atoms with van der Waals surface area (Å²) in [6, 6.07) is 14.1. The molecule has 0 heterocycles. The van der Waals surface area contributed by atoms with Crippen LogP contribution in [0.4, 0.5) is 0 Å². The minimum atomic E-state index is 0.365. The van der Waals surface area contributed by atoms with Crippen LogP contribution in [0.25, 0.3) is 6.08 Å². The number of hydrogen-bond donors (Lipinski definition) is 1. The molecule has 0 spiro atoms. The van der Waals surface area contributed by atoms with Crippen molar-refractivity contribution in [2.24, 2.45) is 0 Å². The van der Waals surface area contributed by atoms with Crippen LogP contribution in [0, 0.1) is 6.92 Å². The van der Waals surface area contributed by atoms with Crippen LogP contribution in [0.2, 0.25) is 0 Å². The molecule has 1 N–H and O–H groups in total. The third-order valence-electron chi connectivity index (χ3n) is 7.29. The van der Waals surface area contributed by atoms with Gasteiger partial charge in [-0.3, -0.25) is 4.90 Å². The minimum absolute atomic E-state index is 0.365. The summed E-state index contributed by atoms with van der Waals surface area (Å²) >= 11 is 0. The van der Waals surface area contributed by atoms with Gasteiger partial charge >= 0.3 is 0 Å². The molecule has 0 saturated heterocycles. The monoisotopic (exact) mass is 486 g/mol. The van der Waals surface area contributed by atoms with Gasteiger partial charge in [0.25, 0.3) is 0 Å². The Kier molecular flexibility index (Phi) is 14.2. The second kappa shape index (κ2) is 17.1. The fourth-order valence-corrected chi connectivity index (χ4v) is 4.90. The number of hydrogen-bond acceptors (Lipinski definition) is 2. The molecule has 2 nitrogen and oxygen atoms in total. The molecule has 2 aromatic carbocycles. The summed E-state index contributed by atoms with van der Waals surface area (Å²) < 4.78 is 0. The summed E-state index contributed by atoms with van der Waals surface area (Å²) in [5.41, 5.74) is 8.32. The Balaban J connectivity index is 1.68. The third kappa shape index (κ3) is 10.3. The van der Waals surface area contributed by atoms with Crippen LogP contribution in [-0.4, -0.2) is 24.5 Å². The number of nitrogens with zero attached hydrogens (tertiary/aromatic N) is 1. The fraction of sp³-hybridized carbons (Fsp3) is 0.471. The van der Waals surface area contributed by atoms with Gasteiger partial charge in [0.1, 0.15) is 0 Å². The number of benzene rings is 2. The van der Waals surface area contributed by atoms with Crippen molar-refractivity contribution in [3.8, 4) is 0 Å². The highest BCUT2D eigenvalue weighted by Crippen LogP contribution is 2.20. The van der Waals surface area contributed by atoms with Crippen molar-refractivity contribution in [3.05, 3.63) is 102 Å². The number of nitrogens with one attached hydrogen (secondary N) is 1. The molecule has 0 fully saturated rings. The topological polar surface area (TPSA) is 15.3 Å². The standard InChI is InChI=1S/C34H50N2/c1-7-11-18-34(10-4)36(6)27-33-24-29(21-22-31(33)8-2)17-15-13-12-14-16-23-35-26-30-20-19-28(5)32(9-3)25-30/h7-8,10,19-22,24-25,34-35H,1-2,4,9,11-18,23,26-27H2,3,5-6H3. The van der Waals surface area contributed by atoms with Gasteiger partial charge in [0.15, 0.2) is 0 Å². The van der Waals surface area contributed by atoms with Gasteiger partial charge < -0.3 is 5.32 Å². The highest BCUT2D eigenvalue weighted by molar-refractivity contribution is 5.53. The van der Waals surface area contributed by atoms with Crippen LogP contribution in [0.1, 0.15) is 85.3 Å². The van der Waals surface area contributed by atoms with E-state index < -0.39 is 0 Å². The molecule has 0 aliphatic rings. The predicted octanol–water partition coefficient (Wildman–Crippen LogP) is 8.44. The van der Waals surface area contributed by atoms with Gasteiger partial charge in [0.05, 0.1) is 0 Å². The summed E-state index contributed by atoms with van der Waals surface area (Å²) in [4.78, 5) is 2.39. The number of aryl methyl sites for hydroxylation is 3. The van der Waals surface area contributed by atoms with Crippen molar-refractivity contribution in [3.63, 3.8) is 0 Å². The third-order valence-corrected chi connectivity index (χ3v) is 7.29. The van der Waals surface area contributed by atoms with E-state index in [2.05, 4.69) is 93.3 Å². The first-order chi connectivity index (χ1) is 17.5. The first kappa shape index (κ1) is 29.8. The van der Waals surface area contributed by atoms with Crippen LogP contribution >= 0.6 is 0 Å². The van der Waals surface area contributed by atoms with E-state index in [0.717, 1.165) is 45.3 Å². The number of rotatable bonds is 19. The molecule has 0 radical (unpaired) electrons. The molecule has 2 rings (SSSR count). The van der Waals surface area contributed by atoms with Crippen molar-refractivity contribution in [1.82, 2.24) is 10.2 Å². The van der Waals surface area contributed by atoms with Crippen molar-refractivity contribution in [2.75, 3.05) is 13.6 Å². The molecule has 2 aromatic rings. The highest BCUT2D eigenvalue weighted by atomic mass is 15.1. The molecule has 0 aliphatic heterocycles. The molecule has 0 saturated carbocycles. The molecule has 1 atom stereocenters. The molecular weight excluding hydrogens is 436 g/mol. The van der Waals surface area contributed by atoms with Gasteiger partial charge in [-0.1, -0.05) is 87.4 Å². The zero-order chi connectivity index (χ0) is 26.2. The van der Waals surface area contributed by atoms with Crippen molar-refractivity contribution >= 4 is 6.08 Å². The average molecular weight is 487 g/mol. The minimum Gasteiger partial charge on any atom is -0.313 e. The Morgan fingerprint density at radius 2 is 1.64 bits per heavy atom. The Morgan fingerprint density at radius 3 is 2.36 bits per heavy atom. The number of likely N-dealkylation sites (N-methyl/N-ethyl adjacent to an activating group) is 1. The molecule has 1 unspecified atom stereocenters. The molecule has 36 heavy (non-hydrogen) atoms. The zero-order valence-electron chi connectivity index (χ0n) is 23.3. The Morgan fingerprint density at radius 1 is 0.917 bits per heavy atom. The lowest BCUT2D eigenvalue weighted by molar-refractivity contribution is 0.263. The lowest BCUT2D eigenvalue weighted by Crippen LogP contribution is -2.29. The summed E-state index contributed by atoms with van der Waals surface area (Å²) in [6.07, 6.45) is 16.8. The van der Waals surface area contributed by atoms with Crippen molar-refractivity contribution in [1.29, 1.82) is 0 Å². The Hall–Kier alpha value is -2.42. The molecule has 2 heteroatoms. The fourth-order valence-electron chi connectivity index (χ4n) is 4.90. The smallest absolute Gasteiger partial charge is 0.0279 e. The van der Waals surface area contributed by atoms with E-state index >= 15 is 0 Å². The lowest BCUT2D eigenvalue weighted by Gasteiger charge is -2.26. The molecule has 0 aromatic heterocycles. The van der Waals surface area contributed by atoms with E-state index in [1.807, 2.05) is 12.2 Å². The van der Waals surface area contributed by atoms with Gasteiger partial charge in [-0.05, 0) is 92.4 Å². The van der Waals surface area contributed by atoms with Crippen LogP contribution in [-0.2, 0) is 25.9 Å². The number of unbranched alkanes of at least 4 members (excludes halogenated alkanes) is 4. The van der Waals surface area contributed by atoms with Crippen LogP contribution < -0.4 is 5.32 Å². The summed E-state index contributed by atoms with van der Waals surface area (Å²) in [5.74, 6) is 0. The van der Waals surface area contributed by atoms with Crippen LogP contribution in [0.15, 0.2) is 68.3 Å². The van der Waals surface area contributed by atoms with E-state index in [-0.39, 0.29) is 0 Å². The molecular formula is C34H50N2. The first-order valence-electron chi connectivity index (χ1n) is 14.0. The van der Waals surface area contributed by atoms with Gasteiger partial charge in [0, 0.05) is 19.1 Å². The molecule has 0 amide bonds. The van der Waals surface area contributed by atoms with Gasteiger partial charge in [-0.25, -0.2) is 0 Å². The average Bonchev–Trinajstić information content (AvgIpc) is 2.89. The second-order valence-electron chi connectivity index (χ2n) is 10.1. The van der Waals surface area contributed by atoms with Crippen molar-refractivity contribution in [2.45, 2.75) is 90.8 Å². The van der Waals surface area contributed by atoms with E-state index in [9.17, 15) is 0 Å². The van der Waals surface area contributed by atoms with Crippen molar-refractivity contribution < 1.29 is 0 Å². The van der Waals surface area contributed by atoms with Gasteiger partial charge in [-0.2, -0.15) is 0 Å². The molecule has 196 valence electrons. The van der Waals surface area contributed by atoms with Gasteiger partial charge in [-0.15, -0.1) is 13.2 Å². The maximum atomic E-state index is 4.04. The Bertz CT molecular complexity index is 942. The largest absolute Gasteiger partial charge is 0.313 e.